The Morgan fingerprint density at radius 2 is 2.06 bits per heavy atom. The van der Waals surface area contributed by atoms with Crippen LogP contribution in [0.25, 0.3) is 0 Å². The summed E-state index contributed by atoms with van der Waals surface area (Å²) in [7, 11) is 0. The predicted molar refractivity (Wildman–Crippen MR) is 62.7 cm³/mol. The molecule has 1 rings (SSSR count). The van der Waals surface area contributed by atoms with Crippen molar-refractivity contribution in [2.24, 2.45) is 0 Å². The third-order valence-electron chi connectivity index (χ3n) is 2.39. The van der Waals surface area contributed by atoms with Gasteiger partial charge in [-0.25, -0.2) is 9.59 Å². The highest BCUT2D eigenvalue weighted by atomic mass is 16.6. The van der Waals surface area contributed by atoms with Crippen LogP contribution in [0.2, 0.25) is 0 Å². The fraction of sp³-hybridized carbons (Fsp3) is 0.667. The van der Waals surface area contributed by atoms with Crippen molar-refractivity contribution >= 4 is 12.1 Å². The standard InChI is InChI=1S/C12H19NO4/c1-12(2,3)17-11(16)13-8-4-5-9(13)6-7-10(14)15/h6-7,9H,4-5,8H2,1-3H3,(H,14,15)/t9-/m1/s1. The molecule has 0 saturated carbocycles. The van der Waals surface area contributed by atoms with Gasteiger partial charge < -0.3 is 14.7 Å². The molecule has 0 unspecified atom stereocenters. The van der Waals surface area contributed by atoms with E-state index < -0.39 is 11.6 Å². The molecule has 0 radical (unpaired) electrons. The molecule has 0 aromatic carbocycles. The molecule has 1 atom stereocenters. The lowest BCUT2D eigenvalue weighted by molar-refractivity contribution is -0.131. The Morgan fingerprint density at radius 1 is 1.41 bits per heavy atom. The van der Waals surface area contributed by atoms with Crippen molar-refractivity contribution in [3.05, 3.63) is 12.2 Å². The summed E-state index contributed by atoms with van der Waals surface area (Å²) >= 11 is 0. The van der Waals surface area contributed by atoms with E-state index in [1.165, 1.54) is 0 Å². The molecule has 0 aromatic heterocycles. The van der Waals surface area contributed by atoms with Gasteiger partial charge in [0.05, 0.1) is 6.04 Å². The number of carboxylic acid groups (broad SMARTS) is 1. The zero-order valence-electron chi connectivity index (χ0n) is 10.5. The zero-order valence-corrected chi connectivity index (χ0v) is 10.5. The highest BCUT2D eigenvalue weighted by molar-refractivity contribution is 5.80. The minimum absolute atomic E-state index is 0.166. The summed E-state index contributed by atoms with van der Waals surface area (Å²) in [5, 5.41) is 8.56. The average molecular weight is 241 g/mol. The van der Waals surface area contributed by atoms with E-state index >= 15 is 0 Å². The van der Waals surface area contributed by atoms with Crippen molar-refractivity contribution in [2.45, 2.75) is 45.3 Å². The number of carbonyl (C=O) groups excluding carboxylic acids is 1. The molecule has 1 aliphatic heterocycles. The lowest BCUT2D eigenvalue weighted by Crippen LogP contribution is -2.39. The van der Waals surface area contributed by atoms with Gasteiger partial charge in [0, 0.05) is 12.6 Å². The van der Waals surface area contributed by atoms with Crippen LogP contribution in [-0.4, -0.2) is 40.3 Å². The van der Waals surface area contributed by atoms with Gasteiger partial charge in [0.25, 0.3) is 0 Å². The Bertz CT molecular complexity index is 330. The molecule has 1 fully saturated rings. The number of carboxylic acids is 1. The van der Waals surface area contributed by atoms with Crippen LogP contribution in [0.1, 0.15) is 33.6 Å². The number of aliphatic carboxylic acids is 1. The van der Waals surface area contributed by atoms with E-state index in [0.29, 0.717) is 6.54 Å². The molecule has 17 heavy (non-hydrogen) atoms. The molecule has 1 heterocycles. The Balaban J connectivity index is 2.63. The smallest absolute Gasteiger partial charge is 0.410 e. The second-order valence-electron chi connectivity index (χ2n) is 5.08. The number of nitrogens with zero attached hydrogens (tertiary/aromatic N) is 1. The van der Waals surface area contributed by atoms with Crippen molar-refractivity contribution in [2.75, 3.05) is 6.54 Å². The lowest BCUT2D eigenvalue weighted by atomic mass is 10.2. The SMILES string of the molecule is CC(C)(C)OC(=O)N1CCC[C@@H]1C=CC(=O)O. The molecule has 1 saturated heterocycles. The zero-order chi connectivity index (χ0) is 13.1. The van der Waals surface area contributed by atoms with Crippen molar-refractivity contribution in [3.8, 4) is 0 Å². The van der Waals surface area contributed by atoms with Crippen molar-refractivity contribution < 1.29 is 19.4 Å². The van der Waals surface area contributed by atoms with Gasteiger partial charge >= 0.3 is 12.1 Å². The fourth-order valence-corrected chi connectivity index (χ4v) is 1.73. The van der Waals surface area contributed by atoms with E-state index in [4.69, 9.17) is 9.84 Å². The van der Waals surface area contributed by atoms with Crippen molar-refractivity contribution in [1.29, 1.82) is 0 Å². The minimum Gasteiger partial charge on any atom is -0.478 e. The van der Waals surface area contributed by atoms with Crippen LogP contribution in [0, 0.1) is 0 Å². The Labute approximate surface area is 101 Å². The normalized spacial score (nSPS) is 20.9. The highest BCUT2D eigenvalue weighted by Gasteiger charge is 2.30. The number of ether oxygens (including phenoxy) is 1. The van der Waals surface area contributed by atoms with Crippen LogP contribution in [0.15, 0.2) is 12.2 Å². The summed E-state index contributed by atoms with van der Waals surface area (Å²) in [6.07, 6.45) is 3.89. The van der Waals surface area contributed by atoms with Gasteiger partial charge in [-0.3, -0.25) is 0 Å². The van der Waals surface area contributed by atoms with Gasteiger partial charge in [-0.05, 0) is 33.6 Å². The topological polar surface area (TPSA) is 66.8 Å². The van der Waals surface area contributed by atoms with Crippen molar-refractivity contribution in [3.63, 3.8) is 0 Å². The van der Waals surface area contributed by atoms with Gasteiger partial charge in [-0.2, -0.15) is 0 Å². The van der Waals surface area contributed by atoms with Crippen LogP contribution in [0.5, 0.6) is 0 Å². The first-order chi connectivity index (χ1) is 7.79. The number of rotatable bonds is 2. The van der Waals surface area contributed by atoms with Crippen LogP contribution in [-0.2, 0) is 9.53 Å². The van der Waals surface area contributed by atoms with E-state index in [2.05, 4.69) is 0 Å². The van der Waals surface area contributed by atoms with Gasteiger partial charge in [0.15, 0.2) is 0 Å². The Hall–Kier alpha value is -1.52. The van der Waals surface area contributed by atoms with Crippen LogP contribution < -0.4 is 0 Å². The van der Waals surface area contributed by atoms with Crippen molar-refractivity contribution in [1.82, 2.24) is 4.90 Å². The molecule has 0 spiro atoms. The largest absolute Gasteiger partial charge is 0.478 e. The minimum atomic E-state index is -0.999. The van der Waals surface area contributed by atoms with Gasteiger partial charge in [-0.1, -0.05) is 6.08 Å². The molecular formula is C12H19NO4. The highest BCUT2D eigenvalue weighted by Crippen LogP contribution is 2.21. The van der Waals surface area contributed by atoms with E-state index in [1.54, 1.807) is 11.0 Å². The van der Waals surface area contributed by atoms with Crippen LogP contribution >= 0.6 is 0 Å². The second-order valence-corrected chi connectivity index (χ2v) is 5.08. The van der Waals surface area contributed by atoms with E-state index in [0.717, 1.165) is 18.9 Å². The Morgan fingerprint density at radius 3 is 2.59 bits per heavy atom. The van der Waals surface area contributed by atoms with Crippen LogP contribution in [0.4, 0.5) is 4.79 Å². The maximum Gasteiger partial charge on any atom is 0.410 e. The maximum atomic E-state index is 11.8. The first kappa shape index (κ1) is 13.5. The maximum absolute atomic E-state index is 11.8. The summed E-state index contributed by atoms with van der Waals surface area (Å²) in [5.74, 6) is -0.999. The molecule has 1 amide bonds. The van der Waals surface area contributed by atoms with Gasteiger partial charge in [0.1, 0.15) is 5.60 Å². The number of amides is 1. The second kappa shape index (κ2) is 5.21. The molecular weight excluding hydrogens is 222 g/mol. The average Bonchev–Trinajstić information content (AvgIpc) is 2.59. The summed E-state index contributed by atoms with van der Waals surface area (Å²) in [6.45, 7) is 6.04. The number of hydrogen-bond acceptors (Lipinski definition) is 3. The summed E-state index contributed by atoms with van der Waals surface area (Å²) in [4.78, 5) is 23.9. The molecule has 0 aliphatic carbocycles. The number of likely N-dealkylation sites (tertiary alicyclic amines) is 1. The predicted octanol–water partition coefficient (Wildman–Crippen LogP) is 2.03. The number of carbonyl (C=O) groups is 2. The monoisotopic (exact) mass is 241 g/mol. The quantitative estimate of drug-likeness (QED) is 0.751. The number of hydrogen-bond donors (Lipinski definition) is 1. The first-order valence-electron chi connectivity index (χ1n) is 5.70. The third-order valence-corrected chi connectivity index (χ3v) is 2.39. The molecule has 1 aliphatic rings. The first-order valence-corrected chi connectivity index (χ1v) is 5.70. The fourth-order valence-electron chi connectivity index (χ4n) is 1.73. The third kappa shape index (κ3) is 4.46. The Kier molecular flexibility index (Phi) is 4.15. The molecule has 1 N–H and O–H groups in total. The molecule has 0 bridgehead atoms. The van der Waals surface area contributed by atoms with E-state index in [1.807, 2.05) is 20.8 Å². The van der Waals surface area contributed by atoms with Crippen LogP contribution in [0.3, 0.4) is 0 Å². The summed E-state index contributed by atoms with van der Waals surface area (Å²) in [5.41, 5.74) is -0.527. The lowest BCUT2D eigenvalue weighted by Gasteiger charge is -2.27. The molecule has 5 nitrogen and oxygen atoms in total. The van der Waals surface area contributed by atoms with E-state index in [9.17, 15) is 9.59 Å². The summed E-state index contributed by atoms with van der Waals surface area (Å²) in [6, 6.07) is -0.166. The van der Waals surface area contributed by atoms with E-state index in [-0.39, 0.29) is 12.1 Å². The summed E-state index contributed by atoms with van der Waals surface area (Å²) < 4.78 is 5.26. The molecule has 96 valence electrons. The molecule has 5 heteroatoms. The molecule has 0 aromatic rings. The van der Waals surface area contributed by atoms with Gasteiger partial charge in [-0.15, -0.1) is 0 Å². The van der Waals surface area contributed by atoms with Gasteiger partial charge in [0.2, 0.25) is 0 Å².